The van der Waals surface area contributed by atoms with Crippen LogP contribution in [-0.2, 0) is 9.63 Å². The van der Waals surface area contributed by atoms with Gasteiger partial charge in [0.1, 0.15) is 0 Å². The molecule has 0 aliphatic carbocycles. The molecular weight excluding hydrogens is 284 g/mol. The second-order valence-electron chi connectivity index (χ2n) is 3.75. The number of nitrogens with one attached hydrogen (secondary N) is 1. The molecule has 5 heteroatoms. The van der Waals surface area contributed by atoms with Crippen LogP contribution in [0.15, 0.2) is 33.9 Å². The van der Waals surface area contributed by atoms with E-state index in [-0.39, 0.29) is 18.6 Å². The van der Waals surface area contributed by atoms with Crippen molar-refractivity contribution >= 4 is 28.1 Å². The van der Waals surface area contributed by atoms with Crippen LogP contribution < -0.4 is 5.32 Å². The highest BCUT2D eigenvalue weighted by Gasteiger charge is 2.02. The summed E-state index contributed by atoms with van der Waals surface area (Å²) < 4.78 is 0.930. The van der Waals surface area contributed by atoms with Gasteiger partial charge in [-0.15, -0.1) is 0 Å². The molecule has 0 unspecified atom stereocenters. The van der Waals surface area contributed by atoms with E-state index in [4.69, 9.17) is 4.84 Å². The Labute approximate surface area is 109 Å². The summed E-state index contributed by atoms with van der Waals surface area (Å²) in [6.45, 7) is 3.71. The van der Waals surface area contributed by atoms with Crippen LogP contribution in [0.1, 0.15) is 19.4 Å². The lowest BCUT2D eigenvalue weighted by molar-refractivity contribution is -0.126. The van der Waals surface area contributed by atoms with Crippen molar-refractivity contribution in [1.82, 2.24) is 5.32 Å². The van der Waals surface area contributed by atoms with Crippen molar-refractivity contribution in [2.45, 2.75) is 19.9 Å². The van der Waals surface area contributed by atoms with Crippen molar-refractivity contribution in [3.8, 4) is 0 Å². The smallest absolute Gasteiger partial charge is 0.260 e. The zero-order valence-corrected chi connectivity index (χ0v) is 11.4. The van der Waals surface area contributed by atoms with Gasteiger partial charge in [-0.1, -0.05) is 39.3 Å². The van der Waals surface area contributed by atoms with Gasteiger partial charge in [0.2, 0.25) is 0 Å². The summed E-state index contributed by atoms with van der Waals surface area (Å²) in [4.78, 5) is 16.1. The quantitative estimate of drug-likeness (QED) is 0.670. The molecule has 0 aliphatic rings. The van der Waals surface area contributed by atoms with Crippen LogP contribution >= 0.6 is 15.9 Å². The summed E-state index contributed by atoms with van der Waals surface area (Å²) in [5.41, 5.74) is 0.900. The molecule has 0 aromatic heterocycles. The molecule has 1 aromatic carbocycles. The predicted molar refractivity (Wildman–Crippen MR) is 71.0 cm³/mol. The fraction of sp³-hybridized carbons (Fsp3) is 0.333. The monoisotopic (exact) mass is 298 g/mol. The molecule has 0 saturated carbocycles. The van der Waals surface area contributed by atoms with Gasteiger partial charge in [-0.3, -0.25) is 4.79 Å². The van der Waals surface area contributed by atoms with Gasteiger partial charge in [0.05, 0.1) is 6.21 Å². The highest BCUT2D eigenvalue weighted by atomic mass is 79.9. The van der Waals surface area contributed by atoms with Crippen LogP contribution in [-0.4, -0.2) is 24.8 Å². The van der Waals surface area contributed by atoms with Gasteiger partial charge in [-0.25, -0.2) is 0 Å². The Hall–Kier alpha value is -1.36. The second-order valence-corrected chi connectivity index (χ2v) is 4.61. The molecule has 0 bridgehead atoms. The molecule has 1 amide bonds. The molecule has 0 fully saturated rings. The Balaban J connectivity index is 2.36. The maximum absolute atomic E-state index is 11.2. The molecule has 92 valence electrons. The van der Waals surface area contributed by atoms with Crippen LogP contribution in [0.2, 0.25) is 0 Å². The van der Waals surface area contributed by atoms with E-state index in [0.717, 1.165) is 10.0 Å². The molecule has 0 aliphatic heterocycles. The molecule has 0 atom stereocenters. The summed E-state index contributed by atoms with van der Waals surface area (Å²) in [7, 11) is 0. The minimum absolute atomic E-state index is 0.0703. The van der Waals surface area contributed by atoms with Crippen LogP contribution in [0.5, 0.6) is 0 Å². The molecule has 4 nitrogen and oxygen atoms in total. The normalized spacial score (nSPS) is 10.8. The number of amides is 1. The number of hydrogen-bond acceptors (Lipinski definition) is 3. The number of carbonyl (C=O) groups excluding carboxylic acids is 1. The number of oxime groups is 1. The summed E-state index contributed by atoms with van der Waals surface area (Å²) in [6.07, 6.45) is 1.56. The number of rotatable bonds is 5. The van der Waals surface area contributed by atoms with E-state index in [1.165, 1.54) is 0 Å². The van der Waals surface area contributed by atoms with E-state index in [1.54, 1.807) is 6.21 Å². The Morgan fingerprint density at radius 2 is 2.24 bits per heavy atom. The van der Waals surface area contributed by atoms with E-state index in [0.29, 0.717) is 0 Å². The SMILES string of the molecule is CC(C)NC(=O)CO/N=C\c1ccccc1Br. The van der Waals surface area contributed by atoms with Crippen molar-refractivity contribution in [3.63, 3.8) is 0 Å². The Bertz CT molecular complexity index is 405. The van der Waals surface area contributed by atoms with E-state index < -0.39 is 0 Å². The Morgan fingerprint density at radius 1 is 1.53 bits per heavy atom. The fourth-order valence-electron chi connectivity index (χ4n) is 1.13. The summed E-state index contributed by atoms with van der Waals surface area (Å²) >= 11 is 3.38. The average Bonchev–Trinajstić information content (AvgIpc) is 2.25. The number of hydrogen-bond donors (Lipinski definition) is 1. The van der Waals surface area contributed by atoms with Gasteiger partial charge in [-0.2, -0.15) is 0 Å². The Morgan fingerprint density at radius 3 is 2.88 bits per heavy atom. The highest BCUT2D eigenvalue weighted by molar-refractivity contribution is 9.10. The minimum Gasteiger partial charge on any atom is -0.386 e. The lowest BCUT2D eigenvalue weighted by atomic mass is 10.2. The van der Waals surface area contributed by atoms with Crippen LogP contribution in [0, 0.1) is 0 Å². The first-order valence-electron chi connectivity index (χ1n) is 5.29. The summed E-state index contributed by atoms with van der Waals surface area (Å²) in [6, 6.07) is 7.73. The highest BCUT2D eigenvalue weighted by Crippen LogP contribution is 2.13. The van der Waals surface area contributed by atoms with Gasteiger partial charge < -0.3 is 10.2 Å². The molecule has 0 radical (unpaired) electrons. The van der Waals surface area contributed by atoms with Crippen molar-refractivity contribution in [2.24, 2.45) is 5.16 Å². The van der Waals surface area contributed by atoms with E-state index in [1.807, 2.05) is 38.1 Å². The van der Waals surface area contributed by atoms with Crippen molar-refractivity contribution in [2.75, 3.05) is 6.61 Å². The van der Waals surface area contributed by atoms with Crippen molar-refractivity contribution in [1.29, 1.82) is 0 Å². The maximum Gasteiger partial charge on any atom is 0.260 e. The third-order valence-electron chi connectivity index (χ3n) is 1.82. The lowest BCUT2D eigenvalue weighted by Gasteiger charge is -2.06. The minimum atomic E-state index is -0.177. The molecule has 1 rings (SSSR count). The zero-order valence-electron chi connectivity index (χ0n) is 9.81. The topological polar surface area (TPSA) is 50.7 Å². The number of benzene rings is 1. The van der Waals surface area contributed by atoms with Crippen LogP contribution in [0.3, 0.4) is 0 Å². The first-order valence-corrected chi connectivity index (χ1v) is 6.08. The first-order chi connectivity index (χ1) is 8.09. The largest absolute Gasteiger partial charge is 0.386 e. The summed E-state index contributed by atoms with van der Waals surface area (Å²) in [5, 5.41) is 6.44. The standard InChI is InChI=1S/C12H15BrN2O2/c1-9(2)15-12(16)8-17-14-7-10-5-3-4-6-11(10)13/h3-7,9H,8H2,1-2H3,(H,15,16)/b14-7-. The Kier molecular flexibility index (Phi) is 5.69. The average molecular weight is 299 g/mol. The zero-order chi connectivity index (χ0) is 12.7. The van der Waals surface area contributed by atoms with E-state index in [2.05, 4.69) is 26.4 Å². The third-order valence-corrected chi connectivity index (χ3v) is 2.54. The molecule has 1 N–H and O–H groups in total. The second kappa shape index (κ2) is 7.06. The molecular formula is C12H15BrN2O2. The van der Waals surface area contributed by atoms with Gasteiger partial charge in [-0.05, 0) is 19.9 Å². The molecule has 0 heterocycles. The van der Waals surface area contributed by atoms with Gasteiger partial charge in [0.25, 0.3) is 5.91 Å². The van der Waals surface area contributed by atoms with Gasteiger partial charge in [0.15, 0.2) is 6.61 Å². The molecule has 0 saturated heterocycles. The fourth-order valence-corrected chi connectivity index (χ4v) is 1.52. The predicted octanol–water partition coefficient (Wildman–Crippen LogP) is 2.32. The first kappa shape index (κ1) is 13.7. The van der Waals surface area contributed by atoms with Crippen molar-refractivity contribution in [3.05, 3.63) is 34.3 Å². The third kappa shape index (κ3) is 5.49. The molecule has 0 spiro atoms. The molecule has 17 heavy (non-hydrogen) atoms. The maximum atomic E-state index is 11.2. The van der Waals surface area contributed by atoms with Crippen molar-refractivity contribution < 1.29 is 9.63 Å². The number of carbonyl (C=O) groups is 1. The van der Waals surface area contributed by atoms with Crippen LogP contribution in [0.25, 0.3) is 0 Å². The van der Waals surface area contributed by atoms with E-state index >= 15 is 0 Å². The number of nitrogens with zero attached hydrogens (tertiary/aromatic N) is 1. The summed E-state index contributed by atoms with van der Waals surface area (Å²) in [5.74, 6) is -0.177. The van der Waals surface area contributed by atoms with Gasteiger partial charge >= 0.3 is 0 Å². The van der Waals surface area contributed by atoms with E-state index in [9.17, 15) is 4.79 Å². The van der Waals surface area contributed by atoms with Gasteiger partial charge in [0, 0.05) is 16.1 Å². The molecule has 1 aromatic rings. The lowest BCUT2D eigenvalue weighted by Crippen LogP contribution is -2.32. The number of halogens is 1. The van der Waals surface area contributed by atoms with Crippen LogP contribution in [0.4, 0.5) is 0 Å².